The van der Waals surface area contributed by atoms with Crippen LogP contribution in [0, 0.1) is 0 Å². The lowest BCUT2D eigenvalue weighted by Crippen LogP contribution is -2.22. The largest absolute Gasteiger partial charge is 0.324 e. The second kappa shape index (κ2) is 7.21. The van der Waals surface area contributed by atoms with Crippen LogP contribution in [0.25, 0.3) is 0 Å². The molecule has 0 fully saturated rings. The number of nitrogens with one attached hydrogen (secondary N) is 2. The van der Waals surface area contributed by atoms with Crippen LogP contribution in [0.2, 0.25) is 0 Å². The molecule has 2 aromatic rings. The van der Waals surface area contributed by atoms with Crippen molar-refractivity contribution < 1.29 is 4.79 Å². The first kappa shape index (κ1) is 14.7. The van der Waals surface area contributed by atoms with Gasteiger partial charge in [0.2, 0.25) is 5.91 Å². The van der Waals surface area contributed by atoms with Crippen molar-refractivity contribution in [3.05, 3.63) is 47.0 Å². The minimum atomic E-state index is -0.0705. The van der Waals surface area contributed by atoms with Crippen molar-refractivity contribution in [3.8, 4) is 0 Å². The summed E-state index contributed by atoms with van der Waals surface area (Å²) in [5, 5.41) is 6.07. The van der Waals surface area contributed by atoms with Gasteiger partial charge in [0.25, 0.3) is 0 Å². The van der Waals surface area contributed by atoms with Crippen molar-refractivity contribution >= 4 is 27.5 Å². The number of anilines is 1. The highest BCUT2D eigenvalue weighted by Gasteiger charge is 2.07. The number of halogens is 1. The Labute approximate surface area is 126 Å². The van der Waals surface area contributed by atoms with Crippen LogP contribution in [-0.4, -0.2) is 22.0 Å². The first-order valence-corrected chi connectivity index (χ1v) is 7.24. The van der Waals surface area contributed by atoms with Gasteiger partial charge in [-0.15, -0.1) is 0 Å². The summed E-state index contributed by atoms with van der Waals surface area (Å²) in [6.45, 7) is 3.82. The van der Waals surface area contributed by atoms with Crippen molar-refractivity contribution in [2.75, 3.05) is 11.9 Å². The average molecular weight is 337 g/mol. The first-order valence-electron chi connectivity index (χ1n) is 6.45. The molecule has 106 valence electrons. The maximum Gasteiger partial charge on any atom is 0.244 e. The van der Waals surface area contributed by atoms with Crippen molar-refractivity contribution in [3.63, 3.8) is 0 Å². The summed E-state index contributed by atoms with van der Waals surface area (Å²) in [6.07, 6.45) is 3.52. The normalized spacial score (nSPS) is 10.5. The summed E-state index contributed by atoms with van der Waals surface area (Å²) < 4.78 is 2.78. The molecule has 0 atom stereocenters. The third-order valence-corrected chi connectivity index (χ3v) is 3.25. The van der Waals surface area contributed by atoms with E-state index in [2.05, 4.69) is 31.5 Å². The Morgan fingerprint density at radius 3 is 3.05 bits per heavy atom. The van der Waals surface area contributed by atoms with Gasteiger partial charge in [-0.1, -0.05) is 28.9 Å². The zero-order valence-corrected chi connectivity index (χ0v) is 12.9. The van der Waals surface area contributed by atoms with Crippen molar-refractivity contribution in [1.29, 1.82) is 0 Å². The van der Waals surface area contributed by atoms with Gasteiger partial charge >= 0.3 is 0 Å². The lowest BCUT2D eigenvalue weighted by molar-refractivity contribution is -0.116. The van der Waals surface area contributed by atoms with Crippen molar-refractivity contribution in [1.82, 2.24) is 14.9 Å². The van der Waals surface area contributed by atoms with Crippen LogP contribution in [0.4, 0.5) is 5.69 Å². The molecular weight excluding hydrogens is 320 g/mol. The molecule has 0 aliphatic rings. The topological polar surface area (TPSA) is 59.0 Å². The molecule has 2 rings (SSSR count). The van der Waals surface area contributed by atoms with Crippen molar-refractivity contribution in [2.45, 2.75) is 20.0 Å². The minimum absolute atomic E-state index is 0.0705. The number of hydrogen-bond donors (Lipinski definition) is 2. The van der Waals surface area contributed by atoms with Gasteiger partial charge in [0.15, 0.2) is 0 Å². The predicted octanol–water partition coefficient (Wildman–Crippen LogP) is 2.39. The molecule has 6 heteroatoms. The zero-order valence-electron chi connectivity index (χ0n) is 11.3. The van der Waals surface area contributed by atoms with E-state index >= 15 is 0 Å². The third-order valence-electron chi connectivity index (χ3n) is 2.76. The maximum atomic E-state index is 12.0. The summed E-state index contributed by atoms with van der Waals surface area (Å²) >= 11 is 3.38. The lowest BCUT2D eigenvalue weighted by Gasteiger charge is -2.09. The van der Waals surface area contributed by atoms with Crippen LogP contribution >= 0.6 is 15.9 Å². The molecule has 0 unspecified atom stereocenters. The van der Waals surface area contributed by atoms with E-state index in [1.54, 1.807) is 6.20 Å². The van der Waals surface area contributed by atoms with E-state index in [-0.39, 0.29) is 12.5 Å². The fourth-order valence-corrected chi connectivity index (χ4v) is 2.21. The quantitative estimate of drug-likeness (QED) is 0.851. The number of benzene rings is 1. The Morgan fingerprint density at radius 2 is 2.30 bits per heavy atom. The van der Waals surface area contributed by atoms with E-state index in [0.717, 1.165) is 22.5 Å². The number of aromatic nitrogens is 2. The molecule has 1 amide bonds. The van der Waals surface area contributed by atoms with E-state index < -0.39 is 0 Å². The SMILES string of the molecule is CCNCc1nccn1CC(=O)Nc1cccc(Br)c1. The monoisotopic (exact) mass is 336 g/mol. The first-order chi connectivity index (χ1) is 9.69. The zero-order chi connectivity index (χ0) is 14.4. The van der Waals surface area contributed by atoms with Crippen LogP contribution < -0.4 is 10.6 Å². The van der Waals surface area contributed by atoms with Gasteiger partial charge in [-0.2, -0.15) is 0 Å². The Balaban J connectivity index is 1.96. The number of nitrogens with zero attached hydrogens (tertiary/aromatic N) is 2. The summed E-state index contributed by atoms with van der Waals surface area (Å²) in [5.74, 6) is 0.787. The Morgan fingerprint density at radius 1 is 1.45 bits per heavy atom. The fraction of sp³-hybridized carbons (Fsp3) is 0.286. The van der Waals surface area contributed by atoms with E-state index in [0.29, 0.717) is 6.54 Å². The van der Waals surface area contributed by atoms with Gasteiger partial charge in [-0.3, -0.25) is 4.79 Å². The number of hydrogen-bond acceptors (Lipinski definition) is 3. The summed E-state index contributed by atoms with van der Waals surface area (Å²) in [6, 6.07) is 7.52. The molecule has 1 aromatic carbocycles. The van der Waals surface area contributed by atoms with E-state index in [1.807, 2.05) is 42.0 Å². The second-order valence-electron chi connectivity index (χ2n) is 4.31. The van der Waals surface area contributed by atoms with Gasteiger partial charge in [-0.25, -0.2) is 4.98 Å². The molecule has 20 heavy (non-hydrogen) atoms. The van der Waals surface area contributed by atoms with Gasteiger partial charge in [0.05, 0.1) is 6.54 Å². The number of imidazole rings is 1. The molecule has 0 saturated heterocycles. The molecular formula is C14H17BrN4O. The Kier molecular flexibility index (Phi) is 5.31. The highest BCUT2D eigenvalue weighted by Crippen LogP contribution is 2.15. The molecule has 0 aliphatic heterocycles. The highest BCUT2D eigenvalue weighted by molar-refractivity contribution is 9.10. The number of rotatable bonds is 6. The second-order valence-corrected chi connectivity index (χ2v) is 5.23. The van der Waals surface area contributed by atoms with Crippen LogP contribution in [0.3, 0.4) is 0 Å². The average Bonchev–Trinajstić information content (AvgIpc) is 2.83. The van der Waals surface area contributed by atoms with Gasteiger partial charge in [-0.05, 0) is 24.7 Å². The van der Waals surface area contributed by atoms with E-state index in [1.165, 1.54) is 0 Å². The Hall–Kier alpha value is -1.66. The van der Waals surface area contributed by atoms with Gasteiger partial charge in [0.1, 0.15) is 12.4 Å². The minimum Gasteiger partial charge on any atom is -0.324 e. The molecule has 0 radical (unpaired) electrons. The fourth-order valence-electron chi connectivity index (χ4n) is 1.81. The molecule has 1 heterocycles. The van der Waals surface area contributed by atoms with Crippen LogP contribution in [0.15, 0.2) is 41.1 Å². The van der Waals surface area contributed by atoms with Crippen LogP contribution in [0.5, 0.6) is 0 Å². The summed E-state index contributed by atoms with van der Waals surface area (Å²) in [7, 11) is 0. The number of carbonyl (C=O) groups excluding carboxylic acids is 1. The molecule has 0 aliphatic carbocycles. The Bertz CT molecular complexity index is 582. The smallest absolute Gasteiger partial charge is 0.244 e. The van der Waals surface area contributed by atoms with E-state index in [4.69, 9.17) is 0 Å². The summed E-state index contributed by atoms with van der Waals surface area (Å²) in [4.78, 5) is 16.3. The van der Waals surface area contributed by atoms with Crippen LogP contribution in [0.1, 0.15) is 12.7 Å². The molecule has 5 nitrogen and oxygen atoms in total. The third kappa shape index (κ3) is 4.18. The van der Waals surface area contributed by atoms with E-state index in [9.17, 15) is 4.79 Å². The molecule has 1 aromatic heterocycles. The maximum absolute atomic E-state index is 12.0. The number of carbonyl (C=O) groups is 1. The molecule has 0 spiro atoms. The summed E-state index contributed by atoms with van der Waals surface area (Å²) in [5.41, 5.74) is 0.776. The van der Waals surface area contributed by atoms with Gasteiger partial charge < -0.3 is 15.2 Å². The molecule has 2 N–H and O–H groups in total. The number of amides is 1. The predicted molar refractivity (Wildman–Crippen MR) is 82.4 cm³/mol. The molecule has 0 saturated carbocycles. The van der Waals surface area contributed by atoms with Crippen molar-refractivity contribution in [2.24, 2.45) is 0 Å². The lowest BCUT2D eigenvalue weighted by atomic mass is 10.3. The van der Waals surface area contributed by atoms with Crippen LogP contribution in [-0.2, 0) is 17.9 Å². The molecule has 0 bridgehead atoms. The standard InChI is InChI=1S/C14H17BrN4O/c1-2-16-9-13-17-6-7-19(13)10-14(20)18-12-5-3-4-11(15)8-12/h3-8,16H,2,9-10H2,1H3,(H,18,20). The highest BCUT2D eigenvalue weighted by atomic mass is 79.9. The van der Waals surface area contributed by atoms with Gasteiger partial charge in [0, 0.05) is 22.6 Å².